The summed E-state index contributed by atoms with van der Waals surface area (Å²) < 4.78 is 0. The zero-order valence-corrected chi connectivity index (χ0v) is 10.7. The molecule has 0 spiro atoms. The number of rotatable bonds is 5. The molecule has 1 rings (SSSR count). The lowest BCUT2D eigenvalue weighted by Crippen LogP contribution is -2.38. The van der Waals surface area contributed by atoms with E-state index in [4.69, 9.17) is 0 Å². The van der Waals surface area contributed by atoms with E-state index < -0.39 is 0 Å². The van der Waals surface area contributed by atoms with Gasteiger partial charge in [0.25, 0.3) is 0 Å². The smallest absolute Gasteiger partial charge is 0.316 e. The lowest BCUT2D eigenvalue weighted by atomic mass is 10.5. The molecule has 2 amide bonds. The summed E-state index contributed by atoms with van der Waals surface area (Å²) in [6.45, 7) is 4.12. The molecule has 2 N–H and O–H groups in total. The molecule has 90 valence electrons. The van der Waals surface area contributed by atoms with Gasteiger partial charge in [-0.1, -0.05) is 0 Å². The van der Waals surface area contributed by atoms with E-state index in [0.717, 1.165) is 23.8 Å². The van der Waals surface area contributed by atoms with Crippen molar-refractivity contribution in [2.75, 3.05) is 27.2 Å². The van der Waals surface area contributed by atoms with Gasteiger partial charge in [-0.15, -0.1) is 11.3 Å². The first-order chi connectivity index (χ1) is 7.59. The topological polar surface area (TPSA) is 57.3 Å². The van der Waals surface area contributed by atoms with Crippen LogP contribution < -0.4 is 10.6 Å². The number of nitrogens with zero attached hydrogens (tertiary/aromatic N) is 2. The Labute approximate surface area is 99.9 Å². The summed E-state index contributed by atoms with van der Waals surface area (Å²) >= 11 is 1.65. The highest BCUT2D eigenvalue weighted by Gasteiger charge is 2.01. The van der Waals surface area contributed by atoms with Gasteiger partial charge in [-0.2, -0.15) is 0 Å². The van der Waals surface area contributed by atoms with Crippen LogP contribution in [0.25, 0.3) is 0 Å². The number of carbonyl (C=O) groups excluding carboxylic acids is 1. The maximum Gasteiger partial charge on any atom is 0.316 e. The minimum Gasteiger partial charge on any atom is -0.337 e. The third kappa shape index (κ3) is 4.59. The monoisotopic (exact) mass is 242 g/mol. The highest BCUT2D eigenvalue weighted by atomic mass is 32.1. The normalized spacial score (nSPS) is 10.2. The number of thiazole rings is 1. The van der Waals surface area contributed by atoms with E-state index in [0.29, 0.717) is 6.54 Å². The van der Waals surface area contributed by atoms with Gasteiger partial charge in [0.05, 0.1) is 0 Å². The summed E-state index contributed by atoms with van der Waals surface area (Å²) in [6, 6.07) is -0.0631. The third-order valence-electron chi connectivity index (χ3n) is 1.93. The zero-order chi connectivity index (χ0) is 12.0. The Hall–Kier alpha value is -1.14. The van der Waals surface area contributed by atoms with E-state index in [1.54, 1.807) is 25.4 Å². The molecule has 0 aliphatic carbocycles. The third-order valence-corrected chi connectivity index (χ3v) is 2.89. The van der Waals surface area contributed by atoms with Gasteiger partial charge in [-0.05, 0) is 6.92 Å². The second-order valence-corrected chi connectivity index (χ2v) is 4.63. The number of nitrogens with one attached hydrogen (secondary N) is 2. The first kappa shape index (κ1) is 12.9. The number of carbonyl (C=O) groups is 1. The van der Waals surface area contributed by atoms with Crippen molar-refractivity contribution in [1.29, 1.82) is 0 Å². The molecule has 0 bridgehead atoms. The summed E-state index contributed by atoms with van der Waals surface area (Å²) in [5.41, 5.74) is 1.06. The van der Waals surface area contributed by atoms with Crippen LogP contribution in [0.1, 0.15) is 10.7 Å². The molecule has 1 aromatic rings. The first-order valence-corrected chi connectivity index (χ1v) is 6.04. The molecule has 16 heavy (non-hydrogen) atoms. The van der Waals surface area contributed by atoms with Crippen molar-refractivity contribution in [3.63, 3.8) is 0 Å². The standard InChI is InChI=1S/C10H18N4OS/c1-8-7-16-9(13-8)6-11-4-5-12-10(15)14(2)3/h7,11H,4-6H2,1-3H3,(H,12,15). The highest BCUT2D eigenvalue weighted by molar-refractivity contribution is 7.09. The molecule has 0 radical (unpaired) electrons. The number of aryl methyl sites for hydroxylation is 1. The number of urea groups is 1. The van der Waals surface area contributed by atoms with Crippen LogP contribution in [0.4, 0.5) is 4.79 Å². The van der Waals surface area contributed by atoms with Gasteiger partial charge in [0.15, 0.2) is 0 Å². The van der Waals surface area contributed by atoms with Crippen molar-refractivity contribution in [2.45, 2.75) is 13.5 Å². The van der Waals surface area contributed by atoms with E-state index in [1.807, 2.05) is 12.3 Å². The molecule has 0 fully saturated rings. The Balaban J connectivity index is 2.06. The van der Waals surface area contributed by atoms with Gasteiger partial charge in [-0.3, -0.25) is 0 Å². The molecule has 1 aromatic heterocycles. The van der Waals surface area contributed by atoms with Crippen LogP contribution in [0.5, 0.6) is 0 Å². The molecule has 5 nitrogen and oxygen atoms in total. The highest BCUT2D eigenvalue weighted by Crippen LogP contribution is 2.07. The Bertz CT molecular complexity index is 337. The molecule has 0 unspecified atom stereocenters. The predicted molar refractivity (Wildman–Crippen MR) is 65.6 cm³/mol. The second-order valence-electron chi connectivity index (χ2n) is 3.69. The van der Waals surface area contributed by atoms with Crippen LogP contribution in [0.15, 0.2) is 5.38 Å². The predicted octanol–water partition coefficient (Wildman–Crippen LogP) is 0.812. The van der Waals surface area contributed by atoms with Gasteiger partial charge in [0.1, 0.15) is 5.01 Å². The molecule has 0 saturated heterocycles. The van der Waals surface area contributed by atoms with Crippen LogP contribution in [-0.2, 0) is 6.54 Å². The number of amides is 2. The molecule has 6 heteroatoms. The summed E-state index contributed by atoms with van der Waals surface area (Å²) in [5, 5.41) is 9.12. The van der Waals surface area contributed by atoms with Crippen molar-refractivity contribution in [2.24, 2.45) is 0 Å². The van der Waals surface area contributed by atoms with Gasteiger partial charge in [-0.25, -0.2) is 9.78 Å². The quantitative estimate of drug-likeness (QED) is 0.751. The fraction of sp³-hybridized carbons (Fsp3) is 0.600. The number of hydrogen-bond donors (Lipinski definition) is 2. The molecule has 0 atom stereocenters. The van der Waals surface area contributed by atoms with Crippen LogP contribution in [0.3, 0.4) is 0 Å². The SMILES string of the molecule is Cc1csc(CNCCNC(=O)N(C)C)n1. The summed E-state index contributed by atoms with van der Waals surface area (Å²) in [5.74, 6) is 0. The number of hydrogen-bond acceptors (Lipinski definition) is 4. The lowest BCUT2D eigenvalue weighted by molar-refractivity contribution is 0.217. The van der Waals surface area contributed by atoms with E-state index in [9.17, 15) is 4.79 Å². The Morgan fingerprint density at radius 3 is 2.81 bits per heavy atom. The van der Waals surface area contributed by atoms with Crippen molar-refractivity contribution >= 4 is 17.4 Å². The maximum atomic E-state index is 11.2. The largest absolute Gasteiger partial charge is 0.337 e. The minimum atomic E-state index is -0.0631. The minimum absolute atomic E-state index is 0.0631. The van der Waals surface area contributed by atoms with Crippen molar-refractivity contribution in [3.05, 3.63) is 16.1 Å². The molecule has 0 saturated carbocycles. The van der Waals surface area contributed by atoms with Crippen molar-refractivity contribution in [1.82, 2.24) is 20.5 Å². The summed E-state index contributed by atoms with van der Waals surface area (Å²) in [4.78, 5) is 17.0. The van der Waals surface area contributed by atoms with E-state index in [1.165, 1.54) is 4.90 Å². The van der Waals surface area contributed by atoms with Gasteiger partial charge >= 0.3 is 6.03 Å². The van der Waals surface area contributed by atoms with Crippen LogP contribution in [0, 0.1) is 6.92 Å². The van der Waals surface area contributed by atoms with Crippen LogP contribution >= 0.6 is 11.3 Å². The average Bonchev–Trinajstić information content (AvgIpc) is 2.63. The molecule has 1 heterocycles. The van der Waals surface area contributed by atoms with Crippen molar-refractivity contribution in [3.8, 4) is 0 Å². The van der Waals surface area contributed by atoms with Gasteiger partial charge in [0, 0.05) is 44.8 Å². The lowest BCUT2D eigenvalue weighted by Gasteiger charge is -2.11. The molecule has 0 aliphatic heterocycles. The Kier molecular flexibility index (Phi) is 5.21. The number of aromatic nitrogens is 1. The molecule has 0 aromatic carbocycles. The Morgan fingerprint density at radius 1 is 1.50 bits per heavy atom. The van der Waals surface area contributed by atoms with Gasteiger partial charge < -0.3 is 15.5 Å². The van der Waals surface area contributed by atoms with E-state index in [-0.39, 0.29) is 6.03 Å². The van der Waals surface area contributed by atoms with Crippen LogP contribution in [0.2, 0.25) is 0 Å². The second kappa shape index (κ2) is 6.44. The zero-order valence-electron chi connectivity index (χ0n) is 9.91. The fourth-order valence-corrected chi connectivity index (χ4v) is 1.84. The Morgan fingerprint density at radius 2 is 2.25 bits per heavy atom. The van der Waals surface area contributed by atoms with Gasteiger partial charge in [0.2, 0.25) is 0 Å². The van der Waals surface area contributed by atoms with E-state index in [2.05, 4.69) is 15.6 Å². The molecule has 0 aliphatic rings. The molecular weight excluding hydrogens is 224 g/mol. The van der Waals surface area contributed by atoms with E-state index >= 15 is 0 Å². The van der Waals surface area contributed by atoms with Crippen LogP contribution in [-0.4, -0.2) is 43.1 Å². The summed E-state index contributed by atoms with van der Waals surface area (Å²) in [7, 11) is 3.45. The summed E-state index contributed by atoms with van der Waals surface area (Å²) in [6.07, 6.45) is 0. The fourth-order valence-electron chi connectivity index (χ4n) is 1.10. The van der Waals surface area contributed by atoms with Crippen molar-refractivity contribution < 1.29 is 4.79 Å². The molecular formula is C10H18N4OS. The maximum absolute atomic E-state index is 11.2. The first-order valence-electron chi connectivity index (χ1n) is 5.16. The average molecular weight is 242 g/mol.